The van der Waals surface area contributed by atoms with Crippen molar-refractivity contribution in [3.8, 4) is 28.1 Å². The number of ether oxygens (including phenoxy) is 2. The summed E-state index contributed by atoms with van der Waals surface area (Å²) in [7, 11) is 3.28. The number of aromatic nitrogens is 2. The number of phenols is 1. The molecule has 4 aromatic rings. The molecule has 0 aliphatic carbocycles. The van der Waals surface area contributed by atoms with E-state index in [2.05, 4.69) is 54.3 Å². The molecule has 2 aromatic carbocycles. The Morgan fingerprint density at radius 1 is 1.06 bits per heavy atom. The molecular formula is C51H69N7O8. The number of hydrogen-bond donors (Lipinski definition) is 3. The average molecular weight is 908 g/mol. The quantitative estimate of drug-likeness (QED) is 0.0943. The largest absolute Gasteiger partial charge is 0.508 e. The molecule has 5 atom stereocenters. The van der Waals surface area contributed by atoms with Crippen molar-refractivity contribution in [2.45, 2.75) is 118 Å². The topological polar surface area (TPSA) is 176 Å². The summed E-state index contributed by atoms with van der Waals surface area (Å²) in [6.07, 6.45) is 4.32. The van der Waals surface area contributed by atoms with Crippen molar-refractivity contribution in [2.24, 2.45) is 17.3 Å². The van der Waals surface area contributed by atoms with Crippen LogP contribution in [0.4, 0.5) is 0 Å². The molecule has 356 valence electrons. The van der Waals surface area contributed by atoms with Gasteiger partial charge in [-0.15, -0.1) is 0 Å². The number of likely N-dealkylation sites (tertiary alicyclic amines) is 1. The van der Waals surface area contributed by atoms with Crippen LogP contribution in [0.3, 0.4) is 0 Å². The van der Waals surface area contributed by atoms with E-state index < -0.39 is 29.3 Å². The zero-order valence-electron chi connectivity index (χ0n) is 40.3. The van der Waals surface area contributed by atoms with Crippen molar-refractivity contribution in [1.29, 1.82) is 0 Å². The molecule has 3 N–H and O–H groups in total. The van der Waals surface area contributed by atoms with E-state index in [1.54, 1.807) is 42.4 Å². The van der Waals surface area contributed by atoms with Gasteiger partial charge in [-0.25, -0.2) is 5.43 Å². The molecule has 4 amide bonds. The highest BCUT2D eigenvalue weighted by Gasteiger charge is 2.39. The fourth-order valence-electron chi connectivity index (χ4n) is 9.82. The van der Waals surface area contributed by atoms with E-state index in [0.717, 1.165) is 51.8 Å². The van der Waals surface area contributed by atoms with E-state index in [1.807, 2.05) is 45.9 Å². The van der Waals surface area contributed by atoms with Gasteiger partial charge in [0.2, 0.25) is 17.7 Å². The van der Waals surface area contributed by atoms with Crippen LogP contribution in [0, 0.1) is 17.3 Å². The first kappa shape index (κ1) is 49.6. The van der Waals surface area contributed by atoms with Crippen LogP contribution < -0.4 is 10.7 Å². The lowest BCUT2D eigenvalue weighted by Gasteiger charge is -2.36. The van der Waals surface area contributed by atoms with Gasteiger partial charge in [-0.1, -0.05) is 39.8 Å². The molecule has 1 unspecified atom stereocenters. The molecule has 2 aromatic heterocycles. The molecule has 0 radical (unpaired) electrons. The first-order chi connectivity index (χ1) is 31.4. The minimum Gasteiger partial charge on any atom is -0.508 e. The number of carbonyl (C=O) groups excluding carboxylic acids is 5. The molecule has 15 heteroatoms. The highest BCUT2D eigenvalue weighted by molar-refractivity contribution is 5.96. The van der Waals surface area contributed by atoms with E-state index >= 15 is 0 Å². The maximum absolute atomic E-state index is 14.5. The van der Waals surface area contributed by atoms with Gasteiger partial charge in [0.05, 0.1) is 30.0 Å². The molecule has 2 aliphatic rings. The number of aryl methyl sites for hydroxylation is 1. The number of nitrogens with zero attached hydrogens (tertiary/aromatic N) is 5. The fraction of sp³-hybridized carbons (Fsp3) is 0.529. The summed E-state index contributed by atoms with van der Waals surface area (Å²) in [6, 6.07) is 13.6. The third-order valence-corrected chi connectivity index (χ3v) is 13.2. The summed E-state index contributed by atoms with van der Waals surface area (Å²) < 4.78 is 13.4. The first-order valence-corrected chi connectivity index (χ1v) is 23.3. The maximum atomic E-state index is 14.5. The van der Waals surface area contributed by atoms with Crippen molar-refractivity contribution in [3.05, 3.63) is 71.5 Å². The fourth-order valence-corrected chi connectivity index (χ4v) is 9.82. The highest BCUT2D eigenvalue weighted by atomic mass is 16.5. The van der Waals surface area contributed by atoms with Crippen LogP contribution in [0.15, 0.2) is 54.7 Å². The lowest BCUT2D eigenvalue weighted by atomic mass is 9.84. The minimum atomic E-state index is -1.04. The smallest absolute Gasteiger partial charge is 0.293 e. The van der Waals surface area contributed by atoms with Gasteiger partial charge in [0.15, 0.2) is 0 Å². The number of hydrazine groups is 1. The number of pyridine rings is 1. The maximum Gasteiger partial charge on any atom is 0.293 e. The van der Waals surface area contributed by atoms with Crippen molar-refractivity contribution in [1.82, 2.24) is 35.1 Å². The Morgan fingerprint density at radius 3 is 2.47 bits per heavy atom. The summed E-state index contributed by atoms with van der Waals surface area (Å²) in [4.78, 5) is 74.0. The highest BCUT2D eigenvalue weighted by Crippen LogP contribution is 2.42. The third-order valence-electron chi connectivity index (χ3n) is 13.2. The van der Waals surface area contributed by atoms with Crippen molar-refractivity contribution >= 4 is 41.0 Å². The van der Waals surface area contributed by atoms with Crippen LogP contribution in [0.5, 0.6) is 5.75 Å². The Bertz CT molecular complexity index is 2410. The summed E-state index contributed by atoms with van der Waals surface area (Å²) in [5, 5.41) is 17.0. The Hall–Kier alpha value is -5.80. The molecule has 4 heterocycles. The number of phenolic OH excluding ortho intramolecular Hbond substituents is 1. The van der Waals surface area contributed by atoms with E-state index in [0.29, 0.717) is 56.6 Å². The van der Waals surface area contributed by atoms with Crippen LogP contribution in [-0.2, 0) is 52.8 Å². The number of hydrogen-bond acceptors (Lipinski definition) is 10. The number of amides is 4. The lowest BCUT2D eigenvalue weighted by Crippen LogP contribution is -2.60. The van der Waals surface area contributed by atoms with Gasteiger partial charge >= 0.3 is 0 Å². The molecule has 66 heavy (non-hydrogen) atoms. The average Bonchev–Trinajstić information content (AvgIpc) is 3.90. The summed E-state index contributed by atoms with van der Waals surface area (Å²) >= 11 is 0. The normalized spacial score (nSPS) is 18.0. The van der Waals surface area contributed by atoms with Gasteiger partial charge in [-0.2, -0.15) is 0 Å². The summed E-state index contributed by atoms with van der Waals surface area (Å²) in [5.74, 6) is -1.80. The number of benzene rings is 2. The molecule has 2 fully saturated rings. The van der Waals surface area contributed by atoms with Gasteiger partial charge in [-0.3, -0.25) is 34.0 Å². The summed E-state index contributed by atoms with van der Waals surface area (Å²) in [6.45, 7) is 18.1. The molecular weight excluding hydrogens is 839 g/mol. The number of carbonyl (C=O) groups is 5. The SMILES string of the molecule is CCn1c(-c2cccnc2[C@H](C)OC)c(CC(C)(C)COC=O)c2cc(-c3cc(O)cc(C[C@H](NC(=O)C(C(C)C)N(C)C(=O)[C@H]4CCN(C(C)=O)C4)C(=O)N4CCC[C@@H](C)N4)c3)ccc21. The second-order valence-electron chi connectivity index (χ2n) is 19.3. The van der Waals surface area contributed by atoms with Gasteiger partial charge in [-0.05, 0) is 111 Å². The Kier molecular flexibility index (Phi) is 16.0. The molecule has 15 nitrogen and oxygen atoms in total. The molecule has 0 spiro atoms. The second-order valence-corrected chi connectivity index (χ2v) is 19.3. The number of aromatic hydroxyl groups is 1. The molecule has 2 aliphatic heterocycles. The van der Waals surface area contributed by atoms with Crippen LogP contribution in [0.2, 0.25) is 0 Å². The number of fused-ring (bicyclic) bond motifs is 1. The second kappa shape index (κ2) is 21.2. The van der Waals surface area contributed by atoms with Crippen molar-refractivity contribution < 1.29 is 38.6 Å². The van der Waals surface area contributed by atoms with Gasteiger partial charge in [0.1, 0.15) is 17.8 Å². The predicted octanol–water partition coefficient (Wildman–Crippen LogP) is 6.44. The number of rotatable bonds is 18. The zero-order valence-corrected chi connectivity index (χ0v) is 40.3. The monoisotopic (exact) mass is 908 g/mol. The Morgan fingerprint density at radius 2 is 1.82 bits per heavy atom. The molecule has 0 bridgehead atoms. The van der Waals surface area contributed by atoms with Crippen LogP contribution in [0.1, 0.15) is 97.6 Å². The van der Waals surface area contributed by atoms with Gasteiger partial charge in [0, 0.05) is 87.8 Å². The summed E-state index contributed by atoms with van der Waals surface area (Å²) in [5.41, 5.74) is 9.80. The number of nitrogens with one attached hydrogen (secondary N) is 2. The van der Waals surface area contributed by atoms with E-state index in [9.17, 15) is 29.1 Å². The lowest BCUT2D eigenvalue weighted by molar-refractivity contribution is -0.146. The van der Waals surface area contributed by atoms with Crippen LogP contribution >= 0.6 is 0 Å². The van der Waals surface area contributed by atoms with Crippen molar-refractivity contribution in [2.75, 3.05) is 40.4 Å². The van der Waals surface area contributed by atoms with E-state index in [1.165, 1.54) is 11.8 Å². The third kappa shape index (κ3) is 11.1. The minimum absolute atomic E-state index is 0.000798. The Labute approximate surface area is 389 Å². The van der Waals surface area contributed by atoms with E-state index in [-0.39, 0.29) is 54.6 Å². The number of methoxy groups -OCH3 is 1. The molecule has 0 saturated carbocycles. The van der Waals surface area contributed by atoms with Gasteiger partial charge in [0.25, 0.3) is 12.4 Å². The Balaban J connectivity index is 1.39. The zero-order chi connectivity index (χ0) is 48.0. The van der Waals surface area contributed by atoms with Crippen LogP contribution in [-0.4, -0.2) is 118 Å². The molecule has 2 saturated heterocycles. The molecule has 6 rings (SSSR count). The van der Waals surface area contributed by atoms with Gasteiger partial charge < -0.3 is 34.3 Å². The van der Waals surface area contributed by atoms with E-state index in [4.69, 9.17) is 14.5 Å². The first-order valence-electron chi connectivity index (χ1n) is 23.3. The van der Waals surface area contributed by atoms with Crippen LogP contribution in [0.25, 0.3) is 33.3 Å². The predicted molar refractivity (Wildman–Crippen MR) is 254 cm³/mol. The standard InChI is InChI=1S/C51H69N7O8/c1-11-57-44-17-16-36(26-41(44)42(27-51(7,8)29-66-30-59)47(57)40-15-12-19-52-45(40)33(5)65-10)38-22-35(23-39(61)25-38)24-43(50(64)58-20-13-14-32(4)54-58)53-48(62)46(31(2)3)55(9)49(63)37-18-21-56(28-37)34(6)60/h12,15-17,19,22-23,25-26,30-33,37,43,46,54,61H,11,13-14,18,20-21,24,27-29H2,1-10H3,(H,53,62)/t32-,33+,37+,43+,46?/m1/s1. The van der Waals surface area contributed by atoms with Crippen molar-refractivity contribution in [3.63, 3.8) is 0 Å². The number of likely N-dealkylation sites (N-methyl/N-ethyl adjacent to an activating group) is 1.